The van der Waals surface area contributed by atoms with E-state index in [0.717, 1.165) is 4.90 Å². The Balaban J connectivity index is 1.93. The van der Waals surface area contributed by atoms with Gasteiger partial charge in [0.1, 0.15) is 0 Å². The fourth-order valence-electron chi connectivity index (χ4n) is 1.83. The molecule has 0 aromatic carbocycles. The Morgan fingerprint density at radius 3 is 3.00 bits per heavy atom. The molecule has 1 N–H and O–H groups in total. The molecule has 1 atom stereocenters. The molecule has 1 aromatic heterocycles. The first-order valence-corrected chi connectivity index (χ1v) is 6.71. The van der Waals surface area contributed by atoms with Gasteiger partial charge in [0, 0.05) is 36.3 Å². The highest BCUT2D eigenvalue weighted by atomic mass is 32.1. The number of rotatable bonds is 2. The van der Waals surface area contributed by atoms with E-state index >= 15 is 0 Å². The lowest BCUT2D eigenvalue weighted by molar-refractivity contribution is -0.132. The lowest BCUT2D eigenvalue weighted by Crippen LogP contribution is -2.48. The van der Waals surface area contributed by atoms with Crippen molar-refractivity contribution in [1.29, 1.82) is 0 Å². The van der Waals surface area contributed by atoms with Crippen LogP contribution in [0.2, 0.25) is 0 Å². The molecule has 1 saturated heterocycles. The van der Waals surface area contributed by atoms with Crippen LogP contribution in [-0.4, -0.2) is 36.3 Å². The van der Waals surface area contributed by atoms with Crippen molar-refractivity contribution in [3.63, 3.8) is 0 Å². The molecule has 1 aliphatic rings. The number of nitrogens with zero attached hydrogens (tertiary/aromatic N) is 1. The van der Waals surface area contributed by atoms with Crippen molar-refractivity contribution in [2.75, 3.05) is 13.6 Å². The fourth-order valence-corrected chi connectivity index (χ4v) is 2.88. The number of carbonyl (C=O) groups is 2. The summed E-state index contributed by atoms with van der Waals surface area (Å²) in [7, 11) is 1.76. The minimum atomic E-state index is -0.0805. The van der Waals surface area contributed by atoms with Crippen LogP contribution in [0, 0.1) is 0 Å². The minimum absolute atomic E-state index is 0.0515. The lowest BCUT2D eigenvalue weighted by Gasteiger charge is -2.29. The van der Waals surface area contributed by atoms with Crippen molar-refractivity contribution in [3.8, 4) is 0 Å². The fraction of sp³-hybridized carbons (Fsp3) is 0.455. The van der Waals surface area contributed by atoms with Crippen molar-refractivity contribution in [3.05, 3.63) is 16.3 Å². The highest BCUT2D eigenvalue weighted by molar-refractivity contribution is 7.80. The molecule has 1 unspecified atom stereocenters. The maximum absolute atomic E-state index is 11.9. The molecule has 1 fully saturated rings. The first-order chi connectivity index (χ1) is 8.06. The molecule has 1 aromatic rings. The second-order valence-electron chi connectivity index (χ2n) is 4.15. The molecule has 0 spiro atoms. The summed E-state index contributed by atoms with van der Waals surface area (Å²) in [6, 6.07) is 1.80. The Kier molecular flexibility index (Phi) is 3.73. The number of amides is 2. The van der Waals surface area contributed by atoms with Crippen molar-refractivity contribution < 1.29 is 9.59 Å². The topological polar surface area (TPSA) is 49.4 Å². The van der Waals surface area contributed by atoms with E-state index in [4.69, 9.17) is 0 Å². The third-order valence-electron chi connectivity index (χ3n) is 2.77. The third kappa shape index (κ3) is 3.01. The molecule has 92 valence electrons. The van der Waals surface area contributed by atoms with Gasteiger partial charge in [-0.2, -0.15) is 0 Å². The summed E-state index contributed by atoms with van der Waals surface area (Å²) in [6.45, 7) is 0.587. The summed E-state index contributed by atoms with van der Waals surface area (Å²) >= 11 is 5.55. The Morgan fingerprint density at radius 2 is 2.41 bits per heavy atom. The zero-order chi connectivity index (χ0) is 12.4. The predicted octanol–water partition coefficient (Wildman–Crippen LogP) is 1.39. The van der Waals surface area contributed by atoms with Gasteiger partial charge in [-0.3, -0.25) is 9.59 Å². The van der Waals surface area contributed by atoms with Gasteiger partial charge in [-0.25, -0.2) is 0 Å². The van der Waals surface area contributed by atoms with Gasteiger partial charge in [0.2, 0.25) is 5.91 Å². The summed E-state index contributed by atoms with van der Waals surface area (Å²) < 4.78 is 0. The van der Waals surface area contributed by atoms with Crippen LogP contribution in [0.15, 0.2) is 16.3 Å². The minimum Gasteiger partial charge on any atom is -0.347 e. The molecule has 2 amide bonds. The number of thiol groups is 1. The highest BCUT2D eigenvalue weighted by Crippen LogP contribution is 2.18. The molecule has 0 saturated carbocycles. The molecule has 17 heavy (non-hydrogen) atoms. The summed E-state index contributed by atoms with van der Waals surface area (Å²) in [5.74, 6) is 0.0623. The molecule has 0 radical (unpaired) electrons. The van der Waals surface area contributed by atoms with Crippen LogP contribution in [0.3, 0.4) is 0 Å². The van der Waals surface area contributed by atoms with E-state index in [1.165, 1.54) is 11.3 Å². The number of hydrogen-bond donors (Lipinski definition) is 2. The van der Waals surface area contributed by atoms with Gasteiger partial charge in [0.25, 0.3) is 5.91 Å². The number of likely N-dealkylation sites (tertiary alicyclic amines) is 1. The molecular weight excluding hydrogens is 256 g/mol. The number of nitrogens with one attached hydrogen (secondary N) is 1. The first kappa shape index (κ1) is 12.4. The van der Waals surface area contributed by atoms with E-state index in [1.807, 2.05) is 5.38 Å². The highest BCUT2D eigenvalue weighted by Gasteiger charge is 2.24. The van der Waals surface area contributed by atoms with Crippen LogP contribution in [0.1, 0.15) is 22.5 Å². The summed E-state index contributed by atoms with van der Waals surface area (Å²) in [4.78, 5) is 26.3. The van der Waals surface area contributed by atoms with E-state index in [-0.39, 0.29) is 17.9 Å². The average molecular weight is 270 g/mol. The van der Waals surface area contributed by atoms with Crippen LogP contribution in [-0.2, 0) is 4.79 Å². The zero-order valence-corrected chi connectivity index (χ0v) is 11.2. The molecule has 4 nitrogen and oxygen atoms in total. The van der Waals surface area contributed by atoms with E-state index in [9.17, 15) is 9.59 Å². The van der Waals surface area contributed by atoms with Crippen LogP contribution < -0.4 is 5.32 Å². The average Bonchev–Trinajstić information content (AvgIpc) is 2.70. The third-order valence-corrected chi connectivity index (χ3v) is 4.13. The summed E-state index contributed by atoms with van der Waals surface area (Å²) in [5, 5.41) is 4.77. The second kappa shape index (κ2) is 5.10. The van der Waals surface area contributed by atoms with Gasteiger partial charge < -0.3 is 10.2 Å². The lowest BCUT2D eigenvalue weighted by atomic mass is 10.1. The number of thiophene rings is 1. The number of carbonyl (C=O) groups excluding carboxylic acids is 2. The maximum atomic E-state index is 11.9. The van der Waals surface area contributed by atoms with Crippen LogP contribution in [0.25, 0.3) is 0 Å². The smallest absolute Gasteiger partial charge is 0.261 e. The summed E-state index contributed by atoms with van der Waals surface area (Å²) in [5.41, 5.74) is 0. The Bertz CT molecular complexity index is 444. The van der Waals surface area contributed by atoms with Gasteiger partial charge in [-0.05, 0) is 12.5 Å². The van der Waals surface area contributed by atoms with Gasteiger partial charge in [0.05, 0.1) is 4.88 Å². The number of likely N-dealkylation sites (N-methyl/N-ethyl adjacent to an activating group) is 1. The van der Waals surface area contributed by atoms with Gasteiger partial charge in [0.15, 0.2) is 0 Å². The molecule has 1 aliphatic heterocycles. The number of piperidine rings is 1. The normalized spacial score (nSPS) is 20.5. The van der Waals surface area contributed by atoms with E-state index in [2.05, 4.69) is 17.9 Å². The van der Waals surface area contributed by atoms with Crippen LogP contribution >= 0.6 is 24.0 Å². The van der Waals surface area contributed by atoms with Crippen LogP contribution in [0.5, 0.6) is 0 Å². The molecular formula is C11H14N2O2S2. The zero-order valence-electron chi connectivity index (χ0n) is 9.47. The quantitative estimate of drug-likeness (QED) is 0.798. The number of hydrogen-bond acceptors (Lipinski definition) is 4. The van der Waals surface area contributed by atoms with Gasteiger partial charge in [-0.15, -0.1) is 24.0 Å². The molecule has 2 rings (SSSR count). The van der Waals surface area contributed by atoms with E-state index in [1.54, 1.807) is 18.0 Å². The Labute approximate surface area is 109 Å². The molecule has 2 heterocycles. The van der Waals surface area contributed by atoms with Crippen LogP contribution in [0.4, 0.5) is 0 Å². The summed E-state index contributed by atoms with van der Waals surface area (Å²) in [6.07, 6.45) is 1.22. The van der Waals surface area contributed by atoms with Gasteiger partial charge in [-0.1, -0.05) is 0 Å². The predicted molar refractivity (Wildman–Crippen MR) is 69.7 cm³/mol. The standard InChI is InChI=1S/C11H14N2O2S2/c1-13-5-7(2-3-10(13)14)12-11(15)9-4-8(16)6-17-9/h4,6-7,16H,2-3,5H2,1H3,(H,12,15). The van der Waals surface area contributed by atoms with E-state index in [0.29, 0.717) is 24.3 Å². The molecule has 6 heteroatoms. The Morgan fingerprint density at radius 1 is 1.65 bits per heavy atom. The maximum Gasteiger partial charge on any atom is 0.261 e. The SMILES string of the molecule is CN1CC(NC(=O)c2cc(S)cs2)CCC1=O. The monoisotopic (exact) mass is 270 g/mol. The molecule has 0 aliphatic carbocycles. The molecule has 0 bridgehead atoms. The Hall–Kier alpha value is -1.01. The second-order valence-corrected chi connectivity index (χ2v) is 5.58. The largest absolute Gasteiger partial charge is 0.347 e. The van der Waals surface area contributed by atoms with Crippen molar-refractivity contribution in [1.82, 2.24) is 10.2 Å². The van der Waals surface area contributed by atoms with Crippen molar-refractivity contribution in [2.24, 2.45) is 0 Å². The van der Waals surface area contributed by atoms with Crippen molar-refractivity contribution >= 4 is 35.8 Å². The van der Waals surface area contributed by atoms with Crippen molar-refractivity contribution in [2.45, 2.75) is 23.8 Å². The first-order valence-electron chi connectivity index (χ1n) is 5.38. The van der Waals surface area contributed by atoms with Gasteiger partial charge >= 0.3 is 0 Å². The van der Waals surface area contributed by atoms with E-state index < -0.39 is 0 Å².